The average Bonchev–Trinajstić information content (AvgIpc) is 2.65. The lowest BCUT2D eigenvalue weighted by molar-refractivity contribution is -0.126. The van der Waals surface area contributed by atoms with Crippen molar-refractivity contribution in [3.05, 3.63) is 29.8 Å². The number of hydrogen-bond acceptors (Lipinski definition) is 5. The summed E-state index contributed by atoms with van der Waals surface area (Å²) in [5.74, 6) is -0.121. The number of piperidine rings is 1. The Morgan fingerprint density at radius 2 is 1.81 bits per heavy atom. The fraction of sp³-hybridized carbons (Fsp3) is 0.611. The van der Waals surface area contributed by atoms with E-state index in [0.717, 1.165) is 12.1 Å². The number of carbonyl (C=O) groups is 1. The van der Waals surface area contributed by atoms with E-state index in [1.807, 2.05) is 6.92 Å². The van der Waals surface area contributed by atoms with E-state index in [1.54, 1.807) is 31.4 Å². The van der Waals surface area contributed by atoms with E-state index in [9.17, 15) is 13.2 Å². The molecule has 0 aliphatic carbocycles. The highest BCUT2D eigenvalue weighted by Crippen LogP contribution is 2.24. The van der Waals surface area contributed by atoms with Gasteiger partial charge < -0.3 is 15.4 Å². The summed E-state index contributed by atoms with van der Waals surface area (Å²) in [7, 11) is -1.83. The van der Waals surface area contributed by atoms with Gasteiger partial charge in [-0.2, -0.15) is 4.31 Å². The van der Waals surface area contributed by atoms with Gasteiger partial charge in [-0.1, -0.05) is 17.7 Å². The Morgan fingerprint density at radius 1 is 1.15 bits per heavy atom. The van der Waals surface area contributed by atoms with Gasteiger partial charge in [0, 0.05) is 45.8 Å². The average molecular weight is 384 g/mol. The summed E-state index contributed by atoms with van der Waals surface area (Å²) >= 11 is 0. The zero-order chi connectivity index (χ0) is 19.0. The predicted molar refractivity (Wildman–Crippen MR) is 100 cm³/mol. The van der Waals surface area contributed by atoms with Crippen molar-refractivity contribution in [2.45, 2.75) is 24.7 Å². The number of nitrogens with one attached hydrogen (secondary N) is 2. The number of sulfonamides is 1. The lowest BCUT2D eigenvalue weighted by atomic mass is 9.97. The van der Waals surface area contributed by atoms with E-state index < -0.39 is 10.0 Å². The molecule has 1 aromatic carbocycles. The molecule has 0 unspecified atom stereocenters. The molecular weight excluding hydrogens is 354 g/mol. The maximum Gasteiger partial charge on any atom is 0.243 e. The van der Waals surface area contributed by atoms with Crippen LogP contribution in [0.2, 0.25) is 0 Å². The van der Waals surface area contributed by atoms with E-state index in [2.05, 4.69) is 10.6 Å². The molecule has 146 valence electrons. The van der Waals surface area contributed by atoms with Gasteiger partial charge in [-0.05, 0) is 31.9 Å². The van der Waals surface area contributed by atoms with Crippen molar-refractivity contribution in [2.75, 3.05) is 46.4 Å². The second kappa shape index (κ2) is 10.0. The predicted octanol–water partition coefficient (Wildman–Crippen LogP) is 0.748. The third-order valence-corrected chi connectivity index (χ3v) is 6.48. The second-order valence-corrected chi connectivity index (χ2v) is 8.46. The first kappa shape index (κ1) is 20.8. The first-order valence-corrected chi connectivity index (χ1v) is 10.4. The number of ether oxygens (including phenoxy) is 1. The quantitative estimate of drug-likeness (QED) is 0.615. The number of rotatable bonds is 9. The lowest BCUT2D eigenvalue weighted by Gasteiger charge is -2.30. The molecule has 1 aliphatic rings. The molecule has 1 fully saturated rings. The SMILES string of the molecule is COCCNCCNC(=O)C1CCN(S(=O)(=O)c2ccc(C)cc2)CC1. The maximum absolute atomic E-state index is 12.7. The molecule has 1 amide bonds. The third-order valence-electron chi connectivity index (χ3n) is 4.57. The van der Waals surface area contributed by atoms with Crippen molar-refractivity contribution >= 4 is 15.9 Å². The van der Waals surface area contributed by atoms with Crippen LogP contribution in [0.25, 0.3) is 0 Å². The van der Waals surface area contributed by atoms with Gasteiger partial charge in [-0.3, -0.25) is 4.79 Å². The number of amides is 1. The first-order valence-electron chi connectivity index (χ1n) is 8.99. The topological polar surface area (TPSA) is 87.7 Å². The Morgan fingerprint density at radius 3 is 2.42 bits per heavy atom. The molecule has 7 nitrogen and oxygen atoms in total. The molecule has 1 heterocycles. The molecule has 0 bridgehead atoms. The van der Waals surface area contributed by atoms with E-state index in [4.69, 9.17) is 4.74 Å². The first-order chi connectivity index (χ1) is 12.4. The molecule has 0 aromatic heterocycles. The number of aryl methyl sites for hydroxylation is 1. The van der Waals surface area contributed by atoms with Crippen LogP contribution in [0.3, 0.4) is 0 Å². The molecule has 8 heteroatoms. The molecular formula is C18H29N3O4S. The Hall–Kier alpha value is -1.48. The van der Waals surface area contributed by atoms with Gasteiger partial charge in [0.1, 0.15) is 0 Å². The van der Waals surface area contributed by atoms with Crippen molar-refractivity contribution in [3.8, 4) is 0 Å². The standard InChI is InChI=1S/C18H29N3O4S/c1-15-3-5-17(6-4-15)26(23,24)21-12-7-16(8-13-21)18(22)20-10-9-19-11-14-25-2/h3-6,16,19H,7-14H2,1-2H3,(H,20,22). The van der Waals surface area contributed by atoms with Crippen LogP contribution in [-0.4, -0.2) is 65.1 Å². The van der Waals surface area contributed by atoms with Crippen LogP contribution in [0.4, 0.5) is 0 Å². The molecule has 2 N–H and O–H groups in total. The summed E-state index contributed by atoms with van der Waals surface area (Å²) < 4.78 is 31.8. The van der Waals surface area contributed by atoms with Gasteiger partial charge in [0.25, 0.3) is 0 Å². The summed E-state index contributed by atoms with van der Waals surface area (Å²) in [6.45, 7) is 5.32. The van der Waals surface area contributed by atoms with E-state index in [0.29, 0.717) is 50.5 Å². The van der Waals surface area contributed by atoms with Crippen LogP contribution in [-0.2, 0) is 19.6 Å². The van der Waals surface area contributed by atoms with Gasteiger partial charge in [0.15, 0.2) is 0 Å². The van der Waals surface area contributed by atoms with E-state index in [-0.39, 0.29) is 11.8 Å². The number of benzene rings is 1. The fourth-order valence-corrected chi connectivity index (χ4v) is 4.41. The summed E-state index contributed by atoms with van der Waals surface area (Å²) in [4.78, 5) is 12.5. The van der Waals surface area contributed by atoms with Gasteiger partial charge in [-0.15, -0.1) is 0 Å². The molecule has 0 radical (unpaired) electrons. The minimum absolute atomic E-state index is 0.00549. The van der Waals surface area contributed by atoms with Crippen molar-refractivity contribution in [1.29, 1.82) is 0 Å². The number of methoxy groups -OCH3 is 1. The molecule has 1 aliphatic heterocycles. The van der Waals surface area contributed by atoms with Gasteiger partial charge >= 0.3 is 0 Å². The van der Waals surface area contributed by atoms with Crippen LogP contribution >= 0.6 is 0 Å². The monoisotopic (exact) mass is 383 g/mol. The van der Waals surface area contributed by atoms with Crippen LogP contribution in [0.15, 0.2) is 29.2 Å². The largest absolute Gasteiger partial charge is 0.383 e. The highest BCUT2D eigenvalue weighted by molar-refractivity contribution is 7.89. The van der Waals surface area contributed by atoms with Crippen molar-refractivity contribution in [3.63, 3.8) is 0 Å². The Kier molecular flexibility index (Phi) is 8.02. The van der Waals surface area contributed by atoms with Crippen LogP contribution < -0.4 is 10.6 Å². The Balaban J connectivity index is 1.77. The van der Waals surface area contributed by atoms with Crippen molar-refractivity contribution < 1.29 is 17.9 Å². The molecule has 2 rings (SSSR count). The normalized spacial score (nSPS) is 16.5. The zero-order valence-corrected chi connectivity index (χ0v) is 16.3. The summed E-state index contributed by atoms with van der Waals surface area (Å²) in [6, 6.07) is 6.88. The Labute approximate surface area is 156 Å². The minimum atomic E-state index is -3.48. The molecule has 1 aromatic rings. The van der Waals surface area contributed by atoms with Gasteiger partial charge in [0.2, 0.25) is 15.9 Å². The highest BCUT2D eigenvalue weighted by Gasteiger charge is 2.31. The highest BCUT2D eigenvalue weighted by atomic mass is 32.2. The number of nitrogens with zero attached hydrogens (tertiary/aromatic N) is 1. The minimum Gasteiger partial charge on any atom is -0.383 e. The third kappa shape index (κ3) is 5.77. The van der Waals surface area contributed by atoms with Crippen molar-refractivity contribution in [1.82, 2.24) is 14.9 Å². The number of hydrogen-bond donors (Lipinski definition) is 2. The number of carbonyl (C=O) groups excluding carboxylic acids is 1. The molecule has 0 saturated carbocycles. The smallest absolute Gasteiger partial charge is 0.243 e. The second-order valence-electron chi connectivity index (χ2n) is 6.53. The van der Waals surface area contributed by atoms with Gasteiger partial charge in [0.05, 0.1) is 11.5 Å². The zero-order valence-electron chi connectivity index (χ0n) is 15.5. The van der Waals surface area contributed by atoms with Crippen molar-refractivity contribution in [2.24, 2.45) is 5.92 Å². The molecule has 1 saturated heterocycles. The molecule has 0 atom stereocenters. The van der Waals surface area contributed by atoms with Crippen LogP contribution in [0, 0.1) is 12.8 Å². The van der Waals surface area contributed by atoms with E-state index in [1.165, 1.54) is 4.31 Å². The fourth-order valence-electron chi connectivity index (χ4n) is 2.94. The van der Waals surface area contributed by atoms with Gasteiger partial charge in [-0.25, -0.2) is 8.42 Å². The maximum atomic E-state index is 12.7. The molecule has 0 spiro atoms. The Bertz CT molecular complexity index is 668. The summed E-state index contributed by atoms with van der Waals surface area (Å²) in [5, 5.41) is 6.08. The lowest BCUT2D eigenvalue weighted by Crippen LogP contribution is -2.44. The molecule has 26 heavy (non-hydrogen) atoms. The van der Waals surface area contributed by atoms with E-state index >= 15 is 0 Å². The summed E-state index contributed by atoms with van der Waals surface area (Å²) in [5.41, 5.74) is 1.02. The summed E-state index contributed by atoms with van der Waals surface area (Å²) in [6.07, 6.45) is 1.10. The van der Waals surface area contributed by atoms with Crippen LogP contribution in [0.5, 0.6) is 0 Å². The van der Waals surface area contributed by atoms with Crippen LogP contribution in [0.1, 0.15) is 18.4 Å².